The number of amides is 2. The minimum Gasteiger partial charge on any atom is -0.478 e. The van der Waals surface area contributed by atoms with E-state index in [-0.39, 0.29) is 17.7 Å². The Morgan fingerprint density at radius 3 is 2.41 bits per heavy atom. The molecule has 2 heterocycles. The number of benzene rings is 1. The zero-order chi connectivity index (χ0) is 19.2. The first-order valence-electron chi connectivity index (χ1n) is 8.67. The van der Waals surface area contributed by atoms with Crippen LogP contribution in [0.2, 0.25) is 0 Å². The van der Waals surface area contributed by atoms with E-state index >= 15 is 0 Å². The molecule has 0 atom stereocenters. The summed E-state index contributed by atoms with van der Waals surface area (Å²) in [4.78, 5) is 37.9. The van der Waals surface area contributed by atoms with E-state index in [2.05, 4.69) is 5.32 Å². The molecule has 1 aliphatic rings. The number of nitrogens with one attached hydrogen (secondary N) is 1. The lowest BCUT2D eigenvalue weighted by atomic mass is 9.95. The zero-order valence-electron chi connectivity index (χ0n) is 14.6. The van der Waals surface area contributed by atoms with Crippen LogP contribution in [0.15, 0.2) is 47.9 Å². The van der Waals surface area contributed by atoms with Crippen LogP contribution in [0.25, 0.3) is 6.08 Å². The SMILES string of the molecule is O=C(O)/C=C/c1ccc(NC(=O)C2CCN(C(=O)c3cccs3)CC2)cc1. The Hall–Kier alpha value is -2.93. The number of likely N-dealkylation sites (tertiary alicyclic amines) is 1. The zero-order valence-corrected chi connectivity index (χ0v) is 15.4. The molecule has 140 valence electrons. The molecule has 2 N–H and O–H groups in total. The minimum absolute atomic E-state index is 0.0360. The molecule has 7 heteroatoms. The summed E-state index contributed by atoms with van der Waals surface area (Å²) < 4.78 is 0. The summed E-state index contributed by atoms with van der Waals surface area (Å²) in [6.45, 7) is 1.15. The summed E-state index contributed by atoms with van der Waals surface area (Å²) in [7, 11) is 0. The average Bonchev–Trinajstić information content (AvgIpc) is 3.21. The normalized spacial score (nSPS) is 15.0. The second-order valence-electron chi connectivity index (χ2n) is 6.33. The number of nitrogens with zero attached hydrogens (tertiary/aromatic N) is 1. The topological polar surface area (TPSA) is 86.7 Å². The summed E-state index contributed by atoms with van der Waals surface area (Å²) in [5, 5.41) is 13.4. The van der Waals surface area contributed by atoms with Gasteiger partial charge in [-0.3, -0.25) is 9.59 Å². The molecule has 1 saturated heterocycles. The molecule has 2 aromatic rings. The van der Waals surface area contributed by atoms with Crippen molar-refractivity contribution < 1.29 is 19.5 Å². The number of rotatable bonds is 5. The van der Waals surface area contributed by atoms with Gasteiger partial charge in [0.05, 0.1) is 4.88 Å². The molecular formula is C20H20N2O4S. The number of carboxylic acid groups (broad SMARTS) is 1. The third-order valence-electron chi connectivity index (χ3n) is 4.48. The van der Waals surface area contributed by atoms with Crippen LogP contribution in [0, 0.1) is 5.92 Å². The van der Waals surface area contributed by atoms with E-state index in [1.54, 1.807) is 29.2 Å². The molecule has 1 aromatic carbocycles. The van der Waals surface area contributed by atoms with E-state index < -0.39 is 5.97 Å². The second-order valence-corrected chi connectivity index (χ2v) is 7.27. The van der Waals surface area contributed by atoms with Crippen LogP contribution in [0.3, 0.4) is 0 Å². The monoisotopic (exact) mass is 384 g/mol. The fourth-order valence-corrected chi connectivity index (χ4v) is 3.68. The van der Waals surface area contributed by atoms with Gasteiger partial charge in [0.25, 0.3) is 5.91 Å². The molecular weight excluding hydrogens is 364 g/mol. The summed E-state index contributed by atoms with van der Waals surface area (Å²) >= 11 is 1.43. The summed E-state index contributed by atoms with van der Waals surface area (Å²) in [6.07, 6.45) is 3.85. The highest BCUT2D eigenvalue weighted by molar-refractivity contribution is 7.12. The smallest absolute Gasteiger partial charge is 0.328 e. The van der Waals surface area contributed by atoms with E-state index in [0.717, 1.165) is 16.5 Å². The van der Waals surface area contributed by atoms with Gasteiger partial charge in [0.15, 0.2) is 0 Å². The van der Waals surface area contributed by atoms with Crippen molar-refractivity contribution in [3.05, 3.63) is 58.3 Å². The van der Waals surface area contributed by atoms with Crippen molar-refractivity contribution in [2.75, 3.05) is 18.4 Å². The van der Waals surface area contributed by atoms with Gasteiger partial charge in [-0.05, 0) is 48.1 Å². The van der Waals surface area contributed by atoms with E-state index in [1.807, 2.05) is 17.5 Å². The molecule has 1 aliphatic heterocycles. The van der Waals surface area contributed by atoms with Gasteiger partial charge in [-0.25, -0.2) is 4.79 Å². The molecule has 0 unspecified atom stereocenters. The van der Waals surface area contributed by atoms with Gasteiger partial charge in [-0.1, -0.05) is 18.2 Å². The summed E-state index contributed by atoms with van der Waals surface area (Å²) in [5.41, 5.74) is 1.42. The number of carbonyl (C=O) groups excluding carboxylic acids is 2. The van der Waals surface area contributed by atoms with Gasteiger partial charge in [0, 0.05) is 30.8 Å². The van der Waals surface area contributed by atoms with Crippen LogP contribution >= 0.6 is 11.3 Å². The van der Waals surface area contributed by atoms with Crippen LogP contribution in [-0.4, -0.2) is 40.9 Å². The van der Waals surface area contributed by atoms with Gasteiger partial charge in [-0.2, -0.15) is 0 Å². The maximum absolute atomic E-state index is 12.5. The van der Waals surface area contributed by atoms with Crippen LogP contribution in [0.4, 0.5) is 5.69 Å². The van der Waals surface area contributed by atoms with Crippen molar-refractivity contribution >= 4 is 40.9 Å². The first-order chi connectivity index (χ1) is 13.0. The lowest BCUT2D eigenvalue weighted by Gasteiger charge is -2.31. The van der Waals surface area contributed by atoms with Gasteiger partial charge < -0.3 is 15.3 Å². The lowest BCUT2D eigenvalue weighted by Crippen LogP contribution is -2.41. The van der Waals surface area contributed by atoms with Gasteiger partial charge in [0.1, 0.15) is 0 Å². The van der Waals surface area contributed by atoms with E-state index in [1.165, 1.54) is 17.4 Å². The van der Waals surface area contributed by atoms with Crippen LogP contribution in [-0.2, 0) is 9.59 Å². The fraction of sp³-hybridized carbons (Fsp3) is 0.250. The Kier molecular flexibility index (Phi) is 6.03. The molecule has 1 aromatic heterocycles. The molecule has 0 radical (unpaired) electrons. The fourth-order valence-electron chi connectivity index (χ4n) is 2.99. The number of aliphatic carboxylic acids is 1. The van der Waals surface area contributed by atoms with Gasteiger partial charge in [-0.15, -0.1) is 11.3 Å². The van der Waals surface area contributed by atoms with Crippen LogP contribution in [0.1, 0.15) is 28.1 Å². The number of piperidine rings is 1. The van der Waals surface area contributed by atoms with Crippen molar-refractivity contribution in [2.45, 2.75) is 12.8 Å². The number of carbonyl (C=O) groups is 3. The van der Waals surface area contributed by atoms with Crippen molar-refractivity contribution in [3.63, 3.8) is 0 Å². The van der Waals surface area contributed by atoms with Gasteiger partial charge >= 0.3 is 5.97 Å². The first kappa shape index (κ1) is 18.8. The third-order valence-corrected chi connectivity index (χ3v) is 5.34. The molecule has 2 amide bonds. The van der Waals surface area contributed by atoms with E-state index in [0.29, 0.717) is 31.6 Å². The predicted octanol–water partition coefficient (Wildman–Crippen LogP) is 3.34. The van der Waals surface area contributed by atoms with E-state index in [9.17, 15) is 14.4 Å². The Balaban J connectivity index is 1.51. The Bertz CT molecular complexity index is 835. The molecule has 0 spiro atoms. The molecule has 27 heavy (non-hydrogen) atoms. The van der Waals surface area contributed by atoms with Gasteiger partial charge in [0.2, 0.25) is 5.91 Å². The Morgan fingerprint density at radius 2 is 1.81 bits per heavy atom. The Morgan fingerprint density at radius 1 is 1.11 bits per heavy atom. The highest BCUT2D eigenvalue weighted by Crippen LogP contribution is 2.22. The number of thiophene rings is 1. The summed E-state index contributed by atoms with van der Waals surface area (Å²) in [6, 6.07) is 10.7. The standard InChI is InChI=1S/C20H20N2O4S/c23-18(24)8-5-14-3-6-16(7-4-14)21-19(25)15-9-11-22(12-10-15)20(26)17-2-1-13-27-17/h1-8,13,15H,9-12H2,(H,21,25)(H,23,24)/b8-5+. The van der Waals surface area contributed by atoms with Crippen LogP contribution < -0.4 is 5.32 Å². The molecule has 0 bridgehead atoms. The highest BCUT2D eigenvalue weighted by Gasteiger charge is 2.28. The second kappa shape index (κ2) is 8.64. The van der Waals surface area contributed by atoms with Crippen molar-refractivity contribution in [1.82, 2.24) is 4.90 Å². The molecule has 1 fully saturated rings. The number of hydrogen-bond acceptors (Lipinski definition) is 4. The quantitative estimate of drug-likeness (QED) is 0.774. The molecule has 6 nitrogen and oxygen atoms in total. The predicted molar refractivity (Wildman–Crippen MR) is 105 cm³/mol. The van der Waals surface area contributed by atoms with Crippen molar-refractivity contribution in [3.8, 4) is 0 Å². The van der Waals surface area contributed by atoms with Crippen molar-refractivity contribution in [2.24, 2.45) is 5.92 Å². The molecule has 0 aliphatic carbocycles. The van der Waals surface area contributed by atoms with Crippen molar-refractivity contribution in [1.29, 1.82) is 0 Å². The number of anilines is 1. The number of carboxylic acids is 1. The minimum atomic E-state index is -1.00. The average molecular weight is 384 g/mol. The maximum atomic E-state index is 12.5. The third kappa shape index (κ3) is 5.04. The molecule has 3 rings (SSSR count). The van der Waals surface area contributed by atoms with E-state index in [4.69, 9.17) is 5.11 Å². The largest absolute Gasteiger partial charge is 0.478 e. The first-order valence-corrected chi connectivity index (χ1v) is 9.55. The highest BCUT2D eigenvalue weighted by atomic mass is 32.1. The Labute approximate surface area is 161 Å². The lowest BCUT2D eigenvalue weighted by molar-refractivity contribution is -0.131. The maximum Gasteiger partial charge on any atom is 0.328 e. The van der Waals surface area contributed by atoms with Crippen LogP contribution in [0.5, 0.6) is 0 Å². The summed E-state index contributed by atoms with van der Waals surface area (Å²) in [5.74, 6) is -1.14. The molecule has 0 saturated carbocycles. The number of hydrogen-bond donors (Lipinski definition) is 2.